The fourth-order valence-corrected chi connectivity index (χ4v) is 5.01. The number of hydrogen-bond acceptors (Lipinski definition) is 4. The third-order valence-corrected chi connectivity index (χ3v) is 6.25. The molecule has 0 aliphatic carbocycles. The predicted octanol–water partition coefficient (Wildman–Crippen LogP) is 2.22. The normalized spacial score (nSPS) is 22.4. The molecule has 1 saturated heterocycles. The van der Waals surface area contributed by atoms with E-state index in [-0.39, 0.29) is 6.04 Å². The SMILES string of the molecule is COc1ccc2c(c1)C1CN(c3ccccc3)CN1S2(=O)=O. The standard InChI is InChI=1S/C16H16N2O3S/c1-21-13-7-8-16-14(9-13)15-10-17(11-18(15)22(16,19)20)12-5-3-2-4-6-12/h2-9,15H,10-11H2,1H3. The van der Waals surface area contributed by atoms with Gasteiger partial charge in [-0.25, -0.2) is 8.42 Å². The minimum absolute atomic E-state index is 0.143. The number of anilines is 1. The Bertz CT molecular complexity index is 821. The first-order valence-electron chi connectivity index (χ1n) is 7.11. The van der Waals surface area contributed by atoms with Crippen LogP contribution in [0.4, 0.5) is 5.69 Å². The first kappa shape index (κ1) is 13.6. The van der Waals surface area contributed by atoms with Crippen LogP contribution in [0.25, 0.3) is 0 Å². The maximum absolute atomic E-state index is 12.7. The van der Waals surface area contributed by atoms with E-state index in [0.29, 0.717) is 23.9 Å². The van der Waals surface area contributed by atoms with Gasteiger partial charge in [-0.15, -0.1) is 0 Å². The van der Waals surface area contributed by atoms with Crippen LogP contribution in [0.15, 0.2) is 53.4 Å². The lowest BCUT2D eigenvalue weighted by Crippen LogP contribution is -2.28. The molecule has 0 aromatic heterocycles. The van der Waals surface area contributed by atoms with E-state index in [1.54, 1.807) is 23.5 Å². The average Bonchev–Trinajstić information content (AvgIpc) is 3.08. The molecule has 4 rings (SSSR count). The van der Waals surface area contributed by atoms with Gasteiger partial charge in [-0.1, -0.05) is 18.2 Å². The quantitative estimate of drug-likeness (QED) is 0.852. The van der Waals surface area contributed by atoms with Crippen LogP contribution < -0.4 is 9.64 Å². The topological polar surface area (TPSA) is 49.9 Å². The van der Waals surface area contributed by atoms with Crippen LogP contribution in [0.2, 0.25) is 0 Å². The van der Waals surface area contributed by atoms with Gasteiger partial charge in [-0.05, 0) is 35.9 Å². The van der Waals surface area contributed by atoms with Crippen LogP contribution in [-0.4, -0.2) is 33.0 Å². The molecule has 0 bridgehead atoms. The molecule has 2 heterocycles. The van der Waals surface area contributed by atoms with Crippen molar-refractivity contribution in [1.82, 2.24) is 4.31 Å². The molecule has 0 saturated carbocycles. The zero-order valence-electron chi connectivity index (χ0n) is 12.1. The zero-order valence-corrected chi connectivity index (χ0v) is 13.0. The third kappa shape index (κ3) is 1.84. The summed E-state index contributed by atoms with van der Waals surface area (Å²) in [5.74, 6) is 0.689. The highest BCUT2D eigenvalue weighted by atomic mass is 32.2. The van der Waals surface area contributed by atoms with Crippen LogP contribution in [-0.2, 0) is 10.0 Å². The van der Waals surface area contributed by atoms with E-state index < -0.39 is 10.0 Å². The summed E-state index contributed by atoms with van der Waals surface area (Å²) in [5.41, 5.74) is 1.87. The molecule has 1 atom stereocenters. The maximum Gasteiger partial charge on any atom is 0.245 e. The average molecular weight is 316 g/mol. The van der Waals surface area contributed by atoms with Gasteiger partial charge in [-0.2, -0.15) is 4.31 Å². The number of fused-ring (bicyclic) bond motifs is 3. The Balaban J connectivity index is 1.76. The predicted molar refractivity (Wildman–Crippen MR) is 83.4 cm³/mol. The number of sulfonamides is 1. The molecule has 2 aromatic carbocycles. The molecule has 0 N–H and O–H groups in total. The van der Waals surface area contributed by atoms with E-state index in [4.69, 9.17) is 4.74 Å². The van der Waals surface area contributed by atoms with Crippen molar-refractivity contribution in [1.29, 1.82) is 0 Å². The molecular weight excluding hydrogens is 300 g/mol. The van der Waals surface area contributed by atoms with Crippen LogP contribution in [0.1, 0.15) is 11.6 Å². The van der Waals surface area contributed by atoms with Gasteiger partial charge in [0.1, 0.15) is 5.75 Å². The van der Waals surface area contributed by atoms with Crippen molar-refractivity contribution in [3.63, 3.8) is 0 Å². The van der Waals surface area contributed by atoms with Crippen LogP contribution in [0.5, 0.6) is 5.75 Å². The molecule has 2 aliphatic heterocycles. The summed E-state index contributed by atoms with van der Waals surface area (Å²) < 4.78 is 32.2. The Labute approximate surface area is 129 Å². The van der Waals surface area contributed by atoms with Crippen molar-refractivity contribution >= 4 is 15.7 Å². The molecule has 1 fully saturated rings. The van der Waals surface area contributed by atoms with Crippen molar-refractivity contribution in [2.45, 2.75) is 10.9 Å². The van der Waals surface area contributed by atoms with Gasteiger partial charge in [0.25, 0.3) is 0 Å². The fraction of sp³-hybridized carbons (Fsp3) is 0.250. The summed E-state index contributed by atoms with van der Waals surface area (Å²) >= 11 is 0. The van der Waals surface area contributed by atoms with E-state index in [1.807, 2.05) is 36.4 Å². The molecule has 6 heteroatoms. The number of para-hydroxylation sites is 1. The Hall–Kier alpha value is -2.05. The molecule has 2 aromatic rings. The van der Waals surface area contributed by atoms with Gasteiger partial charge >= 0.3 is 0 Å². The van der Waals surface area contributed by atoms with Crippen molar-refractivity contribution in [2.75, 3.05) is 25.2 Å². The van der Waals surface area contributed by atoms with Crippen LogP contribution in [0.3, 0.4) is 0 Å². The summed E-state index contributed by atoms with van der Waals surface area (Å²) in [6.45, 7) is 1.04. The molecule has 114 valence electrons. The largest absolute Gasteiger partial charge is 0.497 e. The molecule has 0 spiro atoms. The summed E-state index contributed by atoms with van der Waals surface area (Å²) in [5, 5.41) is 0. The molecule has 1 unspecified atom stereocenters. The maximum atomic E-state index is 12.7. The Morgan fingerprint density at radius 3 is 2.64 bits per heavy atom. The number of nitrogens with zero attached hydrogens (tertiary/aromatic N) is 2. The zero-order chi connectivity index (χ0) is 15.3. The molecule has 0 radical (unpaired) electrons. The first-order chi connectivity index (χ1) is 10.6. The highest BCUT2D eigenvalue weighted by molar-refractivity contribution is 7.89. The van der Waals surface area contributed by atoms with E-state index in [0.717, 1.165) is 11.3 Å². The van der Waals surface area contributed by atoms with Crippen molar-refractivity contribution in [3.8, 4) is 5.75 Å². The third-order valence-electron chi connectivity index (χ3n) is 4.33. The summed E-state index contributed by atoms with van der Waals surface area (Å²) in [6, 6.07) is 14.9. The van der Waals surface area contributed by atoms with E-state index in [9.17, 15) is 8.42 Å². The first-order valence-corrected chi connectivity index (χ1v) is 8.55. The summed E-state index contributed by atoms with van der Waals surface area (Å²) in [7, 11) is -1.82. The van der Waals surface area contributed by atoms with E-state index >= 15 is 0 Å². The Kier molecular flexibility index (Phi) is 2.92. The number of methoxy groups -OCH3 is 1. The van der Waals surface area contributed by atoms with Crippen molar-refractivity contribution in [3.05, 3.63) is 54.1 Å². The number of hydrogen-bond donors (Lipinski definition) is 0. The number of benzene rings is 2. The number of rotatable bonds is 2. The second-order valence-corrected chi connectivity index (χ2v) is 7.37. The lowest BCUT2D eigenvalue weighted by atomic mass is 10.1. The van der Waals surface area contributed by atoms with Gasteiger partial charge in [0.2, 0.25) is 10.0 Å². The van der Waals surface area contributed by atoms with Crippen LogP contribution in [0, 0.1) is 0 Å². The van der Waals surface area contributed by atoms with Gasteiger partial charge < -0.3 is 9.64 Å². The van der Waals surface area contributed by atoms with E-state index in [1.165, 1.54) is 0 Å². The molecule has 5 nitrogen and oxygen atoms in total. The molecule has 22 heavy (non-hydrogen) atoms. The second kappa shape index (κ2) is 4.72. The van der Waals surface area contributed by atoms with Crippen LogP contribution >= 0.6 is 0 Å². The second-order valence-electron chi connectivity index (χ2n) is 5.51. The van der Waals surface area contributed by atoms with Crippen molar-refractivity contribution < 1.29 is 13.2 Å². The summed E-state index contributed by atoms with van der Waals surface area (Å²) in [4.78, 5) is 2.50. The Morgan fingerprint density at radius 1 is 1.14 bits per heavy atom. The fourth-order valence-electron chi connectivity index (χ4n) is 3.22. The smallest absolute Gasteiger partial charge is 0.245 e. The molecular formula is C16H16N2O3S. The minimum atomic E-state index is -3.41. The Morgan fingerprint density at radius 2 is 1.91 bits per heavy atom. The molecule has 0 amide bonds. The lowest BCUT2D eigenvalue weighted by Gasteiger charge is -2.19. The van der Waals surface area contributed by atoms with Gasteiger partial charge in [0.15, 0.2) is 0 Å². The lowest BCUT2D eigenvalue weighted by molar-refractivity contribution is 0.408. The van der Waals surface area contributed by atoms with Gasteiger partial charge in [0.05, 0.1) is 24.7 Å². The highest BCUT2D eigenvalue weighted by Crippen LogP contribution is 2.45. The van der Waals surface area contributed by atoms with Crippen molar-refractivity contribution in [2.24, 2.45) is 0 Å². The minimum Gasteiger partial charge on any atom is -0.497 e. The summed E-state index contributed by atoms with van der Waals surface area (Å²) in [6.07, 6.45) is 0. The molecule has 2 aliphatic rings. The van der Waals surface area contributed by atoms with Gasteiger partial charge in [0, 0.05) is 12.2 Å². The number of ether oxygens (including phenoxy) is 1. The van der Waals surface area contributed by atoms with E-state index in [2.05, 4.69) is 4.90 Å². The van der Waals surface area contributed by atoms with Gasteiger partial charge in [-0.3, -0.25) is 0 Å². The highest BCUT2D eigenvalue weighted by Gasteiger charge is 2.48. The monoisotopic (exact) mass is 316 g/mol.